The van der Waals surface area contributed by atoms with Crippen molar-refractivity contribution in [2.24, 2.45) is 11.3 Å². The number of amides is 2. The number of nitrogens with zero attached hydrogens (tertiary/aromatic N) is 4. The van der Waals surface area contributed by atoms with Gasteiger partial charge in [-0.25, -0.2) is 9.59 Å². The van der Waals surface area contributed by atoms with E-state index in [2.05, 4.69) is 51.3 Å². The lowest BCUT2D eigenvalue weighted by molar-refractivity contribution is -0.228. The molecule has 3 N–H and O–H groups in total. The van der Waals surface area contributed by atoms with Gasteiger partial charge in [0.2, 0.25) is 5.60 Å². The zero-order chi connectivity index (χ0) is 45.7. The van der Waals surface area contributed by atoms with Crippen molar-refractivity contribution in [1.29, 1.82) is 0 Å². The number of aliphatic hydroxyl groups is 1. The van der Waals surface area contributed by atoms with Crippen LogP contribution in [0.5, 0.6) is 5.75 Å². The standard InChI is InChI=1S/C49H64N6O9/c1-10-45(51-44(59)52(4)5)25-30-26-48(42(57)62-8,38-32(17-21-54(27-30)28-45)31-15-12-13-16-35(31)50-38)34-23-33-36(24-37(34)61-7)53(6)40-47(33)19-22-55-20-14-18-46(11-2,39(47)55)41(64-29(3)56)49(40,60)43(58)63-9/h12-16,18,23-24,30,39-41,50,60H,10-11,17,19-22,25-28H2,1-9H3,(H,51,59)/t30-,39-,40+,41+,45-,46+,47+,48-,49-/m0/s1. The number of fused-ring (bicyclic) bond motifs is 6. The number of para-hydroxylation sites is 1. The average molecular weight is 881 g/mol. The molecule has 2 aromatic carbocycles. The number of aromatic nitrogens is 1. The first-order valence-electron chi connectivity index (χ1n) is 22.8. The molecule has 6 aliphatic rings. The third-order valence-electron chi connectivity index (χ3n) is 16.4. The minimum atomic E-state index is -2.32. The third kappa shape index (κ3) is 5.87. The van der Waals surface area contributed by atoms with Gasteiger partial charge in [-0.3, -0.25) is 14.5 Å². The molecule has 0 radical (unpaired) electrons. The van der Waals surface area contributed by atoms with Gasteiger partial charge >= 0.3 is 23.9 Å². The van der Waals surface area contributed by atoms with Crippen LogP contribution in [-0.2, 0) is 45.8 Å². The summed E-state index contributed by atoms with van der Waals surface area (Å²) < 4.78 is 24.1. The second-order valence-corrected chi connectivity index (χ2v) is 19.6. The Bertz CT molecular complexity index is 2430. The van der Waals surface area contributed by atoms with Gasteiger partial charge in [-0.2, -0.15) is 0 Å². The molecule has 1 aromatic heterocycles. The van der Waals surface area contributed by atoms with Crippen LogP contribution in [0.2, 0.25) is 0 Å². The Kier molecular flexibility index (Phi) is 10.7. The lowest BCUT2D eigenvalue weighted by Crippen LogP contribution is -2.81. The first kappa shape index (κ1) is 44.1. The van der Waals surface area contributed by atoms with Crippen LogP contribution in [0.15, 0.2) is 48.6 Å². The topological polar surface area (TPSA) is 166 Å². The van der Waals surface area contributed by atoms with E-state index in [1.54, 1.807) is 26.1 Å². The van der Waals surface area contributed by atoms with Crippen molar-refractivity contribution in [3.05, 3.63) is 70.9 Å². The van der Waals surface area contributed by atoms with Gasteiger partial charge in [0, 0.05) is 105 Å². The SMILES string of the molecule is CC[C@]1(NC(=O)N(C)C)C[C@@H]2CN(CCc3c([nH]c4ccccc34)[C@@](C(=O)OC)(c3cc4c(cc3OC)N(C)[C@H]3[C@@](O)(C(=O)OC)[C@H](OC(C)=O)[C@]5(CC)C=CCN6CC[C@]43[C@@H]65)C2)C1. The summed E-state index contributed by atoms with van der Waals surface area (Å²) in [5.74, 6) is -1.59. The van der Waals surface area contributed by atoms with Crippen LogP contribution in [0.3, 0.4) is 0 Å². The summed E-state index contributed by atoms with van der Waals surface area (Å²) in [6, 6.07) is 10.8. The number of carbonyl (C=O) groups is 4. The molecule has 15 heteroatoms. The van der Waals surface area contributed by atoms with Crippen molar-refractivity contribution in [3.8, 4) is 5.75 Å². The van der Waals surface area contributed by atoms with Crippen LogP contribution in [0, 0.1) is 11.3 Å². The summed E-state index contributed by atoms with van der Waals surface area (Å²) in [6.45, 7) is 8.80. The molecule has 1 aliphatic carbocycles. The third-order valence-corrected chi connectivity index (χ3v) is 16.4. The Balaban J connectivity index is 1.34. The Labute approximate surface area is 375 Å². The highest BCUT2D eigenvalue weighted by Gasteiger charge is 2.80. The molecule has 2 bridgehead atoms. The van der Waals surface area contributed by atoms with Crippen molar-refractivity contribution in [2.75, 3.05) is 80.1 Å². The number of methoxy groups -OCH3 is 3. The zero-order valence-electron chi connectivity index (χ0n) is 38.7. The number of aromatic amines is 1. The smallest absolute Gasteiger partial charge is 0.344 e. The molecule has 1 saturated carbocycles. The Morgan fingerprint density at radius 3 is 2.39 bits per heavy atom. The minimum absolute atomic E-state index is 0.0963. The van der Waals surface area contributed by atoms with Crippen molar-refractivity contribution in [2.45, 2.75) is 99.5 Å². The molecule has 3 aromatic rings. The molecule has 64 heavy (non-hydrogen) atoms. The number of carbonyl (C=O) groups excluding carboxylic acids is 4. The first-order valence-corrected chi connectivity index (χ1v) is 22.8. The van der Waals surface area contributed by atoms with Crippen LogP contribution in [0.4, 0.5) is 10.5 Å². The number of urea groups is 1. The number of anilines is 1. The van der Waals surface area contributed by atoms with E-state index in [0.29, 0.717) is 82.6 Å². The van der Waals surface area contributed by atoms with E-state index in [0.717, 1.165) is 33.4 Å². The molecule has 1 unspecified atom stereocenters. The van der Waals surface area contributed by atoms with E-state index in [-0.39, 0.29) is 18.0 Å². The maximum atomic E-state index is 15.6. The molecule has 10 atom stereocenters. The highest BCUT2D eigenvalue weighted by Crippen LogP contribution is 2.68. The van der Waals surface area contributed by atoms with Gasteiger partial charge < -0.3 is 49.1 Å². The Morgan fingerprint density at radius 2 is 1.72 bits per heavy atom. The highest BCUT2D eigenvalue weighted by molar-refractivity contribution is 5.95. The number of hydrogen-bond donors (Lipinski definition) is 3. The summed E-state index contributed by atoms with van der Waals surface area (Å²) >= 11 is 0. The van der Waals surface area contributed by atoms with Crippen molar-refractivity contribution >= 4 is 40.5 Å². The van der Waals surface area contributed by atoms with Crippen molar-refractivity contribution < 1.29 is 43.2 Å². The lowest BCUT2D eigenvalue weighted by atomic mass is 9.47. The number of H-pyrrole nitrogens is 1. The van der Waals surface area contributed by atoms with Gasteiger partial charge in [-0.05, 0) is 74.2 Å². The lowest BCUT2D eigenvalue weighted by Gasteiger charge is -2.63. The quantitative estimate of drug-likeness (QED) is 0.168. The van der Waals surface area contributed by atoms with Gasteiger partial charge in [0.1, 0.15) is 11.2 Å². The largest absolute Gasteiger partial charge is 0.496 e. The molecule has 2 saturated heterocycles. The molecule has 9 rings (SSSR count). The number of ether oxygens (including phenoxy) is 4. The predicted octanol–water partition coefficient (Wildman–Crippen LogP) is 4.27. The molecule has 15 nitrogen and oxygen atoms in total. The number of piperidine rings is 1. The summed E-state index contributed by atoms with van der Waals surface area (Å²) in [5.41, 5.74) is -1.39. The number of esters is 3. The fourth-order valence-corrected chi connectivity index (χ4v) is 14.1. The minimum Gasteiger partial charge on any atom is -0.496 e. The second kappa shape index (κ2) is 15.5. The van der Waals surface area contributed by atoms with E-state index in [1.165, 1.54) is 21.1 Å². The number of nitrogens with one attached hydrogen (secondary N) is 2. The van der Waals surface area contributed by atoms with Crippen LogP contribution >= 0.6 is 0 Å². The number of hydrogen-bond acceptors (Lipinski definition) is 12. The molecule has 1 spiro atoms. The normalized spacial score (nSPS) is 34.8. The number of likely N-dealkylation sites (N-methyl/N-ethyl adjacent to an activating group) is 1. The Hall–Kier alpha value is -5.12. The number of benzene rings is 2. The maximum absolute atomic E-state index is 15.6. The van der Waals surface area contributed by atoms with Gasteiger partial charge in [0.15, 0.2) is 6.10 Å². The van der Waals surface area contributed by atoms with Crippen molar-refractivity contribution in [1.82, 2.24) is 25.0 Å². The summed E-state index contributed by atoms with van der Waals surface area (Å²) in [7, 11) is 9.66. The Morgan fingerprint density at radius 1 is 0.969 bits per heavy atom. The summed E-state index contributed by atoms with van der Waals surface area (Å²) in [6.07, 6.45) is 6.11. The first-order chi connectivity index (χ1) is 30.5. The second-order valence-electron chi connectivity index (χ2n) is 19.6. The molecular formula is C49H64N6O9. The monoisotopic (exact) mass is 880 g/mol. The fourth-order valence-electron chi connectivity index (χ4n) is 14.1. The maximum Gasteiger partial charge on any atom is 0.344 e. The van der Waals surface area contributed by atoms with E-state index < -0.39 is 57.4 Å². The number of rotatable bonds is 8. The van der Waals surface area contributed by atoms with E-state index in [9.17, 15) is 19.5 Å². The van der Waals surface area contributed by atoms with Crippen molar-refractivity contribution in [3.63, 3.8) is 0 Å². The van der Waals surface area contributed by atoms with Crippen LogP contribution in [0.1, 0.15) is 75.3 Å². The summed E-state index contributed by atoms with van der Waals surface area (Å²) in [4.78, 5) is 68.7. The molecule has 3 fully saturated rings. The van der Waals surface area contributed by atoms with Gasteiger partial charge in [-0.1, -0.05) is 44.2 Å². The molecular weight excluding hydrogens is 817 g/mol. The van der Waals surface area contributed by atoms with E-state index in [4.69, 9.17) is 18.9 Å². The van der Waals surface area contributed by atoms with Gasteiger partial charge in [0.25, 0.3) is 0 Å². The van der Waals surface area contributed by atoms with Crippen LogP contribution in [-0.4, -0.2) is 153 Å². The highest BCUT2D eigenvalue weighted by atomic mass is 16.6. The van der Waals surface area contributed by atoms with Gasteiger partial charge in [-0.15, -0.1) is 0 Å². The predicted molar refractivity (Wildman–Crippen MR) is 240 cm³/mol. The van der Waals surface area contributed by atoms with E-state index >= 15 is 4.79 Å². The van der Waals surface area contributed by atoms with Gasteiger partial charge in [0.05, 0.1) is 32.9 Å². The zero-order valence-corrected chi connectivity index (χ0v) is 38.7. The van der Waals surface area contributed by atoms with E-state index in [1.807, 2.05) is 43.1 Å². The average Bonchev–Trinajstić information content (AvgIpc) is 3.95. The molecule has 5 aliphatic heterocycles. The molecule has 2 amide bonds. The molecule has 344 valence electrons. The van der Waals surface area contributed by atoms with Crippen LogP contribution in [0.25, 0.3) is 10.9 Å². The fraction of sp³-hybridized carbons (Fsp3) is 0.592. The summed E-state index contributed by atoms with van der Waals surface area (Å²) in [5, 5.41) is 17.8. The molecule has 6 heterocycles. The van der Waals surface area contributed by atoms with Crippen LogP contribution < -0.4 is 15.0 Å².